The SMILES string of the molecule is C#Cc1c(F)ccc2cc(O)cc(-c3cnc4c(N5CC6CCC(C5)N6)nc(OCC5(CN(C)C)CC5c5cc(F)c(C#C)c6c(-c7cnc8c(N9CC%10CCC(C9)N%10)nc(OC[C@@H]9CCCN9C)nc8c7F)cc(O)cc56)nc4c3C)c12. The molecule has 424 valence electrons. The molecule has 19 heteroatoms. The van der Waals surface area contributed by atoms with Gasteiger partial charge in [0.1, 0.15) is 51.8 Å². The molecule has 6 unspecified atom stereocenters. The zero-order valence-electron chi connectivity index (χ0n) is 46.7. The molecule has 16 nitrogen and oxygen atoms in total. The van der Waals surface area contributed by atoms with E-state index in [0.717, 1.165) is 45.1 Å². The first-order chi connectivity index (χ1) is 40.1. The Hall–Kier alpha value is -8.07. The molecule has 7 atom stereocenters. The summed E-state index contributed by atoms with van der Waals surface area (Å²) in [6.07, 6.45) is 21.9. The van der Waals surface area contributed by atoms with Gasteiger partial charge in [-0.15, -0.1) is 12.8 Å². The number of halogens is 3. The summed E-state index contributed by atoms with van der Waals surface area (Å²) in [5, 5.41) is 31.8. The van der Waals surface area contributed by atoms with Gasteiger partial charge in [-0.05, 0) is 155 Å². The molecule has 8 aromatic rings. The standard InChI is InChI=1S/C64H63F3N12O4/c1-7-42-51(65)16-11-34-18-40(80)19-46(53(34)42)48-24-68-58-56(33(48)3)72-63(75-60(58)78-26-35-12-13-36(27-78)70-35)83-32-64(31-76(4)5)23-50(64)44-22-52(66)43(8-2)54-45(44)20-41(81)21-47(54)49-25-69-59-57(55(49)67)73-62(82-30-39-10-9-17-77(39)6)74-61(59)79-28-37-14-15-38(29-79)71-37/h1-2,11,16,18-22,24-25,35-39,50,70-71,80-81H,9-10,12-15,17,23,26-32H2,3-6H3/t35?,36?,37?,38?,39-,50?,64?/m0/s1. The van der Waals surface area contributed by atoms with Crippen molar-refractivity contribution in [3.63, 3.8) is 0 Å². The van der Waals surface area contributed by atoms with Gasteiger partial charge in [-0.3, -0.25) is 4.98 Å². The zero-order chi connectivity index (χ0) is 57.2. The summed E-state index contributed by atoms with van der Waals surface area (Å²) < 4.78 is 63.4. The second kappa shape index (κ2) is 20.4. The number of likely N-dealkylation sites (tertiary alicyclic amines) is 1. The second-order valence-corrected chi connectivity index (χ2v) is 24.2. The summed E-state index contributed by atoms with van der Waals surface area (Å²) in [6.45, 7) is 6.52. The molecule has 4 aromatic carbocycles. The molecule has 4 N–H and O–H groups in total. The Bertz CT molecular complexity index is 4070. The van der Waals surface area contributed by atoms with Crippen LogP contribution >= 0.6 is 0 Å². The number of aryl methyl sites for hydroxylation is 1. The largest absolute Gasteiger partial charge is 0.508 e. The number of anilines is 2. The van der Waals surface area contributed by atoms with E-state index in [9.17, 15) is 10.2 Å². The number of benzene rings is 4. The number of aromatic hydroxyl groups is 2. The number of piperazine rings is 2. The third-order valence-corrected chi connectivity index (χ3v) is 18.5. The number of likely N-dealkylation sites (N-methyl/N-ethyl adjacent to an activating group) is 1. The van der Waals surface area contributed by atoms with Gasteiger partial charge in [-0.25, -0.2) is 18.2 Å². The van der Waals surface area contributed by atoms with Crippen molar-refractivity contribution in [2.24, 2.45) is 5.41 Å². The lowest BCUT2D eigenvalue weighted by atomic mass is 9.88. The smallest absolute Gasteiger partial charge is 0.319 e. The fraction of sp³-hybridized carbons (Fsp3) is 0.406. The fourth-order valence-corrected chi connectivity index (χ4v) is 14.5. The highest BCUT2D eigenvalue weighted by Gasteiger charge is 2.56. The maximum atomic E-state index is 17.9. The van der Waals surface area contributed by atoms with E-state index in [1.807, 2.05) is 21.0 Å². The monoisotopic (exact) mass is 1120 g/mol. The van der Waals surface area contributed by atoms with E-state index in [2.05, 4.69) is 49.1 Å². The molecular formula is C64H63F3N12O4. The van der Waals surface area contributed by atoms with Gasteiger partial charge in [0, 0.05) is 103 Å². The number of hydrogen-bond acceptors (Lipinski definition) is 16. The van der Waals surface area contributed by atoms with Crippen LogP contribution in [0.4, 0.5) is 24.8 Å². The summed E-state index contributed by atoms with van der Waals surface area (Å²) in [4.78, 5) is 38.3. The highest BCUT2D eigenvalue weighted by atomic mass is 19.1. The molecule has 5 aliphatic heterocycles. The number of phenols is 2. The predicted molar refractivity (Wildman–Crippen MR) is 314 cm³/mol. The highest BCUT2D eigenvalue weighted by molar-refractivity contribution is 6.06. The quantitative estimate of drug-likeness (QED) is 0.0808. The number of ether oxygens (including phenoxy) is 2. The average molecular weight is 1120 g/mol. The molecule has 4 bridgehead atoms. The number of hydrogen-bond donors (Lipinski definition) is 4. The first-order valence-corrected chi connectivity index (χ1v) is 28.7. The van der Waals surface area contributed by atoms with Gasteiger partial charge in [0.25, 0.3) is 0 Å². The van der Waals surface area contributed by atoms with E-state index in [1.54, 1.807) is 30.5 Å². The third kappa shape index (κ3) is 9.20. The summed E-state index contributed by atoms with van der Waals surface area (Å²) >= 11 is 0. The molecule has 1 saturated carbocycles. The van der Waals surface area contributed by atoms with Crippen molar-refractivity contribution in [1.29, 1.82) is 0 Å². The van der Waals surface area contributed by atoms with Crippen LogP contribution in [-0.2, 0) is 0 Å². The van der Waals surface area contributed by atoms with Crippen LogP contribution in [0.2, 0.25) is 0 Å². The van der Waals surface area contributed by atoms with Crippen molar-refractivity contribution < 1.29 is 32.9 Å². The Morgan fingerprint density at radius 1 is 0.699 bits per heavy atom. The molecule has 4 aromatic heterocycles. The van der Waals surface area contributed by atoms with Crippen LogP contribution in [0.1, 0.15) is 73.1 Å². The van der Waals surface area contributed by atoms with Gasteiger partial charge in [-0.2, -0.15) is 19.9 Å². The minimum Gasteiger partial charge on any atom is -0.508 e. The van der Waals surface area contributed by atoms with Gasteiger partial charge >= 0.3 is 12.0 Å². The maximum absolute atomic E-state index is 17.9. The van der Waals surface area contributed by atoms with Crippen LogP contribution in [0.5, 0.6) is 23.5 Å². The first-order valence-electron chi connectivity index (χ1n) is 28.7. The van der Waals surface area contributed by atoms with Crippen LogP contribution in [0, 0.1) is 54.5 Å². The Labute approximate surface area is 478 Å². The van der Waals surface area contributed by atoms with Crippen LogP contribution in [0.3, 0.4) is 0 Å². The molecular weight excluding hydrogens is 1060 g/mol. The number of nitrogens with zero attached hydrogens (tertiary/aromatic N) is 10. The van der Waals surface area contributed by atoms with Crippen molar-refractivity contribution in [2.45, 2.75) is 88.0 Å². The van der Waals surface area contributed by atoms with Crippen molar-refractivity contribution >= 4 is 55.2 Å². The number of phenolic OH excluding ortho intramolecular Hbond substituents is 2. The molecule has 83 heavy (non-hydrogen) atoms. The van der Waals surface area contributed by atoms with Crippen LogP contribution < -0.4 is 29.9 Å². The number of pyridine rings is 2. The molecule has 5 saturated heterocycles. The van der Waals surface area contributed by atoms with Gasteiger partial charge in [-0.1, -0.05) is 17.9 Å². The summed E-state index contributed by atoms with van der Waals surface area (Å²) in [6, 6.07) is 11.7. The van der Waals surface area contributed by atoms with Gasteiger partial charge in [0.15, 0.2) is 17.5 Å². The van der Waals surface area contributed by atoms with Gasteiger partial charge in [0.05, 0.1) is 17.7 Å². The minimum atomic E-state index is -0.732. The third-order valence-electron chi connectivity index (χ3n) is 18.5. The summed E-state index contributed by atoms with van der Waals surface area (Å²) in [5.74, 6) is 3.68. The van der Waals surface area contributed by atoms with Crippen LogP contribution in [-0.4, -0.2) is 154 Å². The van der Waals surface area contributed by atoms with E-state index >= 15 is 13.2 Å². The van der Waals surface area contributed by atoms with E-state index in [4.69, 9.17) is 52.2 Å². The zero-order valence-corrected chi connectivity index (χ0v) is 46.7. The summed E-state index contributed by atoms with van der Waals surface area (Å²) in [5.41, 5.74) is 3.12. The molecule has 9 heterocycles. The molecule has 0 amide bonds. The number of nitrogens with one attached hydrogen (secondary N) is 2. The topological polar surface area (TPSA) is 173 Å². The van der Waals surface area contributed by atoms with Crippen molar-refractivity contribution in [3.05, 3.63) is 94.6 Å². The van der Waals surface area contributed by atoms with Crippen molar-refractivity contribution in [1.82, 2.24) is 50.3 Å². The minimum absolute atomic E-state index is 0.0211. The second-order valence-electron chi connectivity index (χ2n) is 24.2. The highest BCUT2D eigenvalue weighted by Crippen LogP contribution is 2.62. The normalized spacial score (nSPS) is 23.9. The Morgan fingerprint density at radius 3 is 1.92 bits per heavy atom. The van der Waals surface area contributed by atoms with Crippen LogP contribution in [0.15, 0.2) is 54.9 Å². The molecule has 1 aliphatic carbocycles. The van der Waals surface area contributed by atoms with Crippen LogP contribution in [0.25, 0.3) is 65.9 Å². The van der Waals surface area contributed by atoms with E-state index in [1.165, 1.54) is 24.4 Å². The Balaban J connectivity index is 0.852. The molecule has 14 rings (SSSR count). The molecule has 6 fully saturated rings. The maximum Gasteiger partial charge on any atom is 0.319 e. The Kier molecular flexibility index (Phi) is 13.0. The Morgan fingerprint density at radius 2 is 1.29 bits per heavy atom. The van der Waals surface area contributed by atoms with E-state index < -0.39 is 22.9 Å². The number of terminal acetylenes is 2. The molecule has 6 aliphatic rings. The van der Waals surface area contributed by atoms with Gasteiger partial charge in [0.2, 0.25) is 0 Å². The fourth-order valence-electron chi connectivity index (χ4n) is 14.5. The molecule has 0 spiro atoms. The number of aromatic nitrogens is 6. The average Bonchev–Trinajstić information content (AvgIpc) is 3.03. The van der Waals surface area contributed by atoms with E-state index in [-0.39, 0.29) is 105 Å². The number of rotatable bonds is 13. The summed E-state index contributed by atoms with van der Waals surface area (Å²) in [7, 11) is 5.99. The van der Waals surface area contributed by atoms with Gasteiger partial charge < -0.3 is 49.9 Å². The van der Waals surface area contributed by atoms with Crippen molar-refractivity contribution in [3.8, 4) is 70.5 Å². The number of fused-ring (bicyclic) bond motifs is 8. The first kappa shape index (κ1) is 53.0. The van der Waals surface area contributed by atoms with Crippen molar-refractivity contribution in [2.75, 3.05) is 83.4 Å². The predicted octanol–water partition coefficient (Wildman–Crippen LogP) is 8.57. The lowest BCUT2D eigenvalue weighted by Crippen LogP contribution is -2.51. The lowest BCUT2D eigenvalue weighted by molar-refractivity contribution is 0.179. The lowest BCUT2D eigenvalue weighted by Gasteiger charge is -2.34. The molecule has 0 radical (unpaired) electrons. The van der Waals surface area contributed by atoms with E-state index in [0.29, 0.717) is 107 Å².